The van der Waals surface area contributed by atoms with Crippen LogP contribution in [0.1, 0.15) is 33.6 Å². The molecule has 0 fully saturated rings. The number of halogens is 3. The van der Waals surface area contributed by atoms with E-state index >= 15 is 0 Å². The Morgan fingerprint density at radius 1 is 1.69 bits per heavy atom. The number of nitrogens with zero attached hydrogens (tertiary/aromatic N) is 2. The third kappa shape index (κ3) is 2.09. The molecule has 4 nitrogen and oxygen atoms in total. The van der Waals surface area contributed by atoms with E-state index in [-0.39, 0.29) is 17.0 Å². The Morgan fingerprint density at radius 2 is 2.31 bits per heavy atom. The molecule has 1 N–H and O–H groups in total. The summed E-state index contributed by atoms with van der Waals surface area (Å²) in [6.07, 6.45) is -2.16. The largest absolute Gasteiger partial charge is 0.478 e. The number of pyridine rings is 1. The first-order chi connectivity index (χ1) is 7.52. The Labute approximate surface area is 94.1 Å². The molecule has 0 aliphatic heterocycles. The molecule has 0 amide bonds. The van der Waals surface area contributed by atoms with Gasteiger partial charge in [-0.05, 0) is 0 Å². The standard InChI is InChI=1S/C9H5ClF2N2O2/c10-1-4-5(2-13)7(8(11)12)14-3-6(4)9(15)16/h3,8H,1H2,(H,15,16). The van der Waals surface area contributed by atoms with E-state index in [2.05, 4.69) is 4.98 Å². The smallest absolute Gasteiger partial charge is 0.337 e. The van der Waals surface area contributed by atoms with E-state index in [1.807, 2.05) is 0 Å². The number of aromatic nitrogens is 1. The average molecular weight is 247 g/mol. The van der Waals surface area contributed by atoms with Crippen molar-refractivity contribution in [3.8, 4) is 6.07 Å². The second-order valence-corrected chi connectivity index (χ2v) is 3.03. The van der Waals surface area contributed by atoms with Crippen molar-refractivity contribution in [1.82, 2.24) is 4.98 Å². The summed E-state index contributed by atoms with van der Waals surface area (Å²) >= 11 is 5.45. The van der Waals surface area contributed by atoms with Crippen LogP contribution in [0.15, 0.2) is 6.20 Å². The summed E-state index contributed by atoms with van der Waals surface area (Å²) in [5.41, 5.74) is -1.69. The van der Waals surface area contributed by atoms with Crippen LogP contribution in [0.2, 0.25) is 0 Å². The predicted octanol–water partition coefficient (Wildman–Crippen LogP) is 2.33. The molecular weight excluding hydrogens is 242 g/mol. The monoisotopic (exact) mass is 246 g/mol. The summed E-state index contributed by atoms with van der Waals surface area (Å²) in [5, 5.41) is 17.5. The summed E-state index contributed by atoms with van der Waals surface area (Å²) in [6.45, 7) is 0. The van der Waals surface area contributed by atoms with Gasteiger partial charge in [0.15, 0.2) is 0 Å². The topological polar surface area (TPSA) is 74.0 Å². The maximum atomic E-state index is 12.5. The molecule has 0 aliphatic rings. The van der Waals surface area contributed by atoms with E-state index in [1.54, 1.807) is 0 Å². The Bertz CT molecular complexity index is 471. The number of carboxylic acid groups (broad SMARTS) is 1. The Balaban J connectivity index is 3.54. The molecule has 0 saturated heterocycles. The zero-order valence-corrected chi connectivity index (χ0v) is 8.50. The fraction of sp³-hybridized carbons (Fsp3) is 0.222. The maximum Gasteiger partial charge on any atom is 0.337 e. The molecule has 0 atom stereocenters. The van der Waals surface area contributed by atoms with E-state index in [9.17, 15) is 13.6 Å². The quantitative estimate of drug-likeness (QED) is 0.831. The maximum absolute atomic E-state index is 12.5. The Kier molecular flexibility index (Phi) is 3.74. The fourth-order valence-electron chi connectivity index (χ4n) is 1.18. The van der Waals surface area contributed by atoms with Gasteiger partial charge in [-0.3, -0.25) is 4.98 Å². The lowest BCUT2D eigenvalue weighted by Gasteiger charge is -2.08. The molecule has 1 aromatic rings. The van der Waals surface area contributed by atoms with E-state index in [1.165, 1.54) is 6.07 Å². The molecule has 1 heterocycles. The van der Waals surface area contributed by atoms with Crippen LogP contribution in [0.25, 0.3) is 0 Å². The third-order valence-corrected chi connectivity index (χ3v) is 2.17. The molecule has 16 heavy (non-hydrogen) atoms. The number of aromatic carboxylic acids is 1. The molecule has 0 saturated carbocycles. The summed E-state index contributed by atoms with van der Waals surface area (Å²) in [4.78, 5) is 14.0. The third-order valence-electron chi connectivity index (χ3n) is 1.90. The molecule has 1 rings (SSSR count). The summed E-state index contributed by atoms with van der Waals surface area (Å²) < 4.78 is 24.9. The Hall–Kier alpha value is -1.74. The highest BCUT2D eigenvalue weighted by Gasteiger charge is 2.22. The van der Waals surface area contributed by atoms with E-state index in [4.69, 9.17) is 22.0 Å². The number of hydrogen-bond acceptors (Lipinski definition) is 3. The average Bonchev–Trinajstić information content (AvgIpc) is 2.26. The minimum absolute atomic E-state index is 0.137. The van der Waals surface area contributed by atoms with Crippen LogP contribution in [0.3, 0.4) is 0 Å². The number of rotatable bonds is 3. The highest BCUT2D eigenvalue weighted by molar-refractivity contribution is 6.17. The van der Waals surface area contributed by atoms with Crippen LogP contribution in [0.4, 0.5) is 8.78 Å². The van der Waals surface area contributed by atoms with Crippen molar-refractivity contribution in [3.63, 3.8) is 0 Å². The first-order valence-corrected chi connectivity index (χ1v) is 4.55. The van der Waals surface area contributed by atoms with Crippen molar-refractivity contribution >= 4 is 17.6 Å². The van der Waals surface area contributed by atoms with Gasteiger partial charge in [0.1, 0.15) is 11.8 Å². The van der Waals surface area contributed by atoms with Crippen molar-refractivity contribution in [2.45, 2.75) is 12.3 Å². The number of carbonyl (C=O) groups is 1. The van der Waals surface area contributed by atoms with Gasteiger partial charge in [0.25, 0.3) is 6.43 Å². The molecule has 84 valence electrons. The van der Waals surface area contributed by atoms with Crippen LogP contribution in [-0.2, 0) is 5.88 Å². The van der Waals surface area contributed by atoms with Crippen LogP contribution in [0, 0.1) is 11.3 Å². The van der Waals surface area contributed by atoms with Gasteiger partial charge in [-0.1, -0.05) is 0 Å². The minimum atomic E-state index is -2.94. The Morgan fingerprint density at radius 3 is 2.69 bits per heavy atom. The summed E-state index contributed by atoms with van der Waals surface area (Å²) in [7, 11) is 0. The van der Waals surface area contributed by atoms with Gasteiger partial charge in [-0.25, -0.2) is 13.6 Å². The number of hydrogen-bond donors (Lipinski definition) is 1. The highest BCUT2D eigenvalue weighted by Crippen LogP contribution is 2.26. The summed E-state index contributed by atoms with van der Waals surface area (Å²) in [6, 6.07) is 1.50. The van der Waals surface area contributed by atoms with E-state index < -0.39 is 23.7 Å². The second kappa shape index (κ2) is 4.86. The molecule has 0 aliphatic carbocycles. The van der Waals surface area contributed by atoms with Crippen molar-refractivity contribution in [3.05, 3.63) is 28.6 Å². The van der Waals surface area contributed by atoms with Crippen LogP contribution in [0.5, 0.6) is 0 Å². The van der Waals surface area contributed by atoms with Crippen molar-refractivity contribution in [2.75, 3.05) is 0 Å². The van der Waals surface area contributed by atoms with Crippen molar-refractivity contribution in [1.29, 1.82) is 5.26 Å². The molecule has 7 heteroatoms. The van der Waals surface area contributed by atoms with Crippen molar-refractivity contribution < 1.29 is 18.7 Å². The molecule has 0 radical (unpaired) electrons. The summed E-state index contributed by atoms with van der Waals surface area (Å²) in [5.74, 6) is -1.70. The molecule has 0 bridgehead atoms. The lowest BCUT2D eigenvalue weighted by molar-refractivity contribution is 0.0694. The molecule has 1 aromatic heterocycles. The van der Waals surface area contributed by atoms with Crippen LogP contribution < -0.4 is 0 Å². The lowest BCUT2D eigenvalue weighted by atomic mass is 10.0. The van der Waals surface area contributed by atoms with Gasteiger partial charge < -0.3 is 5.11 Å². The van der Waals surface area contributed by atoms with Gasteiger partial charge in [-0.2, -0.15) is 5.26 Å². The first kappa shape index (κ1) is 12.3. The van der Waals surface area contributed by atoms with Gasteiger partial charge >= 0.3 is 5.97 Å². The first-order valence-electron chi connectivity index (χ1n) is 4.02. The van der Waals surface area contributed by atoms with Gasteiger partial charge in [0, 0.05) is 17.6 Å². The van der Waals surface area contributed by atoms with Crippen LogP contribution in [-0.4, -0.2) is 16.1 Å². The number of carboxylic acids is 1. The van der Waals surface area contributed by atoms with E-state index in [0.29, 0.717) is 0 Å². The normalized spacial score (nSPS) is 10.2. The molecule has 0 aromatic carbocycles. The number of alkyl halides is 3. The zero-order valence-electron chi connectivity index (χ0n) is 7.75. The molecule has 0 unspecified atom stereocenters. The second-order valence-electron chi connectivity index (χ2n) is 2.76. The highest BCUT2D eigenvalue weighted by atomic mass is 35.5. The molecule has 0 spiro atoms. The lowest BCUT2D eigenvalue weighted by Crippen LogP contribution is -2.08. The number of nitriles is 1. The van der Waals surface area contributed by atoms with Crippen LogP contribution >= 0.6 is 11.6 Å². The van der Waals surface area contributed by atoms with Crippen molar-refractivity contribution in [2.24, 2.45) is 0 Å². The minimum Gasteiger partial charge on any atom is -0.478 e. The van der Waals surface area contributed by atoms with E-state index in [0.717, 1.165) is 6.20 Å². The van der Waals surface area contributed by atoms with Gasteiger partial charge in [-0.15, -0.1) is 11.6 Å². The van der Waals surface area contributed by atoms with Gasteiger partial charge in [0.2, 0.25) is 0 Å². The predicted molar refractivity (Wildman–Crippen MR) is 50.4 cm³/mol. The fourth-order valence-corrected chi connectivity index (χ4v) is 1.46. The zero-order chi connectivity index (χ0) is 12.3. The van der Waals surface area contributed by atoms with Gasteiger partial charge in [0.05, 0.1) is 11.1 Å². The molecular formula is C9H5ClF2N2O2. The SMILES string of the molecule is N#Cc1c(C(F)F)ncc(C(=O)O)c1CCl.